The average molecular weight is 453 g/mol. The molecule has 1 aromatic carbocycles. The zero-order valence-electron chi connectivity index (χ0n) is 19.6. The van der Waals surface area contributed by atoms with Gasteiger partial charge < -0.3 is 10.1 Å². The molecule has 2 amide bonds. The highest BCUT2D eigenvalue weighted by atomic mass is 16.5. The topological polar surface area (TPSA) is 93.5 Å². The molecule has 1 fully saturated rings. The molecule has 1 aromatic heterocycles. The van der Waals surface area contributed by atoms with Gasteiger partial charge in [0, 0.05) is 17.8 Å². The van der Waals surface area contributed by atoms with Gasteiger partial charge in [0.2, 0.25) is 5.91 Å². The lowest BCUT2D eigenvalue weighted by atomic mass is 9.92. The summed E-state index contributed by atoms with van der Waals surface area (Å²) in [5, 5.41) is 7.53. The third-order valence-corrected chi connectivity index (χ3v) is 6.84. The molecule has 0 saturated heterocycles. The number of aryl methyl sites for hydroxylation is 1. The molecule has 1 aliphatic heterocycles. The zero-order chi connectivity index (χ0) is 23.6. The molecule has 1 atom stereocenters. The number of aromatic nitrogens is 2. The predicted molar refractivity (Wildman–Crippen MR) is 124 cm³/mol. The fraction of sp³-hybridized carbons (Fsp3) is 0.520. The highest BCUT2D eigenvalue weighted by molar-refractivity contribution is 6.12. The minimum absolute atomic E-state index is 0.0537. The first kappa shape index (κ1) is 23.0. The molecule has 1 saturated carbocycles. The Morgan fingerprint density at radius 1 is 1.18 bits per heavy atom. The number of methoxy groups -OCH3 is 1. The van der Waals surface area contributed by atoms with Crippen LogP contribution in [-0.2, 0) is 22.5 Å². The van der Waals surface area contributed by atoms with Crippen LogP contribution in [-0.4, -0.2) is 46.3 Å². The van der Waals surface area contributed by atoms with Crippen molar-refractivity contribution in [2.24, 2.45) is 0 Å². The molecule has 8 nitrogen and oxygen atoms in total. The Balaban J connectivity index is 1.77. The van der Waals surface area contributed by atoms with Crippen molar-refractivity contribution in [3.05, 3.63) is 47.3 Å². The molecule has 8 heteroatoms. The summed E-state index contributed by atoms with van der Waals surface area (Å²) >= 11 is 0. The van der Waals surface area contributed by atoms with Crippen LogP contribution >= 0.6 is 0 Å². The summed E-state index contributed by atoms with van der Waals surface area (Å²) in [6.07, 6.45) is 7.16. The van der Waals surface area contributed by atoms with E-state index in [0.717, 1.165) is 31.2 Å². The maximum Gasteiger partial charge on any atom is 0.358 e. The Hall–Kier alpha value is -3.16. The minimum atomic E-state index is -1.21. The van der Waals surface area contributed by atoms with Gasteiger partial charge >= 0.3 is 5.97 Å². The number of nitrogens with one attached hydrogen (secondary N) is 1. The van der Waals surface area contributed by atoms with Crippen LogP contribution in [0.2, 0.25) is 0 Å². The van der Waals surface area contributed by atoms with Crippen LogP contribution in [0.3, 0.4) is 0 Å². The lowest BCUT2D eigenvalue weighted by molar-refractivity contribution is -0.127. The first-order chi connectivity index (χ1) is 15.9. The number of fused-ring (bicyclic) bond motifs is 1. The van der Waals surface area contributed by atoms with E-state index in [-0.39, 0.29) is 35.8 Å². The number of benzene rings is 1. The molecule has 2 heterocycles. The van der Waals surface area contributed by atoms with Crippen LogP contribution in [0.4, 0.5) is 5.69 Å². The van der Waals surface area contributed by atoms with Gasteiger partial charge in [0.15, 0.2) is 5.69 Å². The van der Waals surface area contributed by atoms with Crippen molar-refractivity contribution in [2.75, 3.05) is 12.0 Å². The Morgan fingerprint density at radius 3 is 2.55 bits per heavy atom. The van der Waals surface area contributed by atoms with Gasteiger partial charge in [-0.1, -0.05) is 50.8 Å². The maximum atomic E-state index is 13.8. The summed E-state index contributed by atoms with van der Waals surface area (Å²) in [6, 6.07) is 9.19. The molecular formula is C25H32N4O4. The van der Waals surface area contributed by atoms with Crippen LogP contribution in [0.15, 0.2) is 30.3 Å². The van der Waals surface area contributed by atoms with Gasteiger partial charge in [-0.25, -0.2) is 4.79 Å². The Kier molecular flexibility index (Phi) is 6.54. The summed E-state index contributed by atoms with van der Waals surface area (Å²) in [5.74, 6) is -1.17. The van der Waals surface area contributed by atoms with Crippen molar-refractivity contribution in [1.29, 1.82) is 0 Å². The summed E-state index contributed by atoms with van der Waals surface area (Å²) in [4.78, 5) is 41.3. The summed E-state index contributed by atoms with van der Waals surface area (Å²) in [5.41, 5.74) is 0.788. The normalized spacial score (nSPS) is 21.3. The molecule has 1 N–H and O–H groups in total. The number of carbonyl (C=O) groups is 3. The smallest absolute Gasteiger partial charge is 0.358 e. The average Bonchev–Trinajstić information content (AvgIpc) is 3.07. The number of hydrogen-bond donors (Lipinski definition) is 1. The van der Waals surface area contributed by atoms with Gasteiger partial charge in [0.1, 0.15) is 11.2 Å². The molecule has 4 rings (SSSR count). The van der Waals surface area contributed by atoms with Crippen LogP contribution < -0.4 is 10.2 Å². The number of esters is 1. The van der Waals surface area contributed by atoms with E-state index in [2.05, 4.69) is 10.4 Å². The Morgan fingerprint density at radius 2 is 1.88 bits per heavy atom. The van der Waals surface area contributed by atoms with Crippen molar-refractivity contribution in [3.8, 4) is 0 Å². The van der Waals surface area contributed by atoms with Crippen LogP contribution in [0.5, 0.6) is 0 Å². The van der Waals surface area contributed by atoms with E-state index in [0.29, 0.717) is 12.1 Å². The fourth-order valence-corrected chi connectivity index (χ4v) is 4.96. The largest absolute Gasteiger partial charge is 0.464 e. The number of hydrogen-bond acceptors (Lipinski definition) is 5. The molecule has 2 aliphatic rings. The van der Waals surface area contributed by atoms with Crippen molar-refractivity contribution < 1.29 is 19.1 Å². The van der Waals surface area contributed by atoms with E-state index in [4.69, 9.17) is 4.74 Å². The SMILES string of the molecule is CCc1ccccc1N1C(=O)c2cc(C(=O)OC)nn2C[C@@]1(C)C(=O)NC1CCCCCC1. The molecule has 0 bridgehead atoms. The number of para-hydroxylation sites is 1. The van der Waals surface area contributed by atoms with Gasteiger partial charge in [-0.3, -0.25) is 19.2 Å². The standard InChI is InChI=1S/C25H32N4O4/c1-4-17-11-9-10-14-20(17)29-22(30)21-15-19(23(31)33-3)27-28(21)16-25(29,2)24(32)26-18-12-7-5-6-8-13-18/h9-11,14-15,18H,4-8,12-13,16H2,1-3H3,(H,26,32)/t25-/m0/s1. The second-order valence-corrected chi connectivity index (χ2v) is 9.12. The summed E-state index contributed by atoms with van der Waals surface area (Å²) < 4.78 is 6.25. The lowest BCUT2D eigenvalue weighted by Gasteiger charge is -2.44. The van der Waals surface area contributed by atoms with Gasteiger partial charge in [-0.05, 0) is 37.8 Å². The molecule has 33 heavy (non-hydrogen) atoms. The number of rotatable bonds is 5. The molecule has 0 radical (unpaired) electrons. The molecule has 0 unspecified atom stereocenters. The number of anilines is 1. The highest BCUT2D eigenvalue weighted by Crippen LogP contribution is 2.35. The Labute approximate surface area is 194 Å². The predicted octanol–water partition coefficient (Wildman–Crippen LogP) is 3.49. The van der Waals surface area contributed by atoms with Crippen molar-refractivity contribution >= 4 is 23.5 Å². The van der Waals surface area contributed by atoms with Gasteiger partial charge in [-0.15, -0.1) is 0 Å². The molecule has 1 aliphatic carbocycles. The summed E-state index contributed by atoms with van der Waals surface area (Å²) in [7, 11) is 1.27. The van der Waals surface area contributed by atoms with Crippen LogP contribution in [0.25, 0.3) is 0 Å². The van der Waals surface area contributed by atoms with Crippen molar-refractivity contribution in [3.63, 3.8) is 0 Å². The monoisotopic (exact) mass is 452 g/mol. The second kappa shape index (κ2) is 9.37. The number of amides is 2. The molecular weight excluding hydrogens is 420 g/mol. The first-order valence-corrected chi connectivity index (χ1v) is 11.8. The van der Waals surface area contributed by atoms with Crippen molar-refractivity contribution in [2.45, 2.75) is 76.9 Å². The van der Waals surface area contributed by atoms with Gasteiger partial charge in [0.25, 0.3) is 5.91 Å². The van der Waals surface area contributed by atoms with Gasteiger partial charge in [0.05, 0.1) is 13.7 Å². The molecule has 2 aromatic rings. The van der Waals surface area contributed by atoms with E-state index >= 15 is 0 Å². The second-order valence-electron chi connectivity index (χ2n) is 9.12. The van der Waals surface area contributed by atoms with E-state index in [1.165, 1.54) is 30.7 Å². The van der Waals surface area contributed by atoms with Crippen LogP contribution in [0, 0.1) is 0 Å². The van der Waals surface area contributed by atoms with Crippen LogP contribution in [0.1, 0.15) is 78.9 Å². The number of ether oxygens (including phenoxy) is 1. The van der Waals surface area contributed by atoms with Gasteiger partial charge in [-0.2, -0.15) is 5.10 Å². The molecule has 0 spiro atoms. The zero-order valence-corrected chi connectivity index (χ0v) is 19.6. The number of nitrogens with zero attached hydrogens (tertiary/aromatic N) is 3. The highest BCUT2D eigenvalue weighted by Gasteiger charge is 2.50. The van der Waals surface area contributed by atoms with Crippen molar-refractivity contribution in [1.82, 2.24) is 15.1 Å². The third-order valence-electron chi connectivity index (χ3n) is 6.84. The Bertz CT molecular complexity index is 1050. The van der Waals surface area contributed by atoms with E-state index in [9.17, 15) is 14.4 Å². The molecule has 176 valence electrons. The van der Waals surface area contributed by atoms with E-state index in [1.54, 1.807) is 11.8 Å². The first-order valence-electron chi connectivity index (χ1n) is 11.8. The summed E-state index contributed by atoms with van der Waals surface area (Å²) in [6.45, 7) is 3.95. The minimum Gasteiger partial charge on any atom is -0.464 e. The third kappa shape index (κ3) is 4.26. The van der Waals surface area contributed by atoms with E-state index < -0.39 is 11.5 Å². The maximum absolute atomic E-state index is 13.8. The quantitative estimate of drug-likeness (QED) is 0.554. The fourth-order valence-electron chi connectivity index (χ4n) is 4.96. The van der Waals surface area contributed by atoms with E-state index in [1.807, 2.05) is 31.2 Å². The number of carbonyl (C=O) groups excluding carboxylic acids is 3. The lowest BCUT2D eigenvalue weighted by Crippen LogP contribution is -2.65.